The predicted octanol–water partition coefficient (Wildman–Crippen LogP) is 3.55. The molecule has 1 saturated carbocycles. The average molecular weight is 216 g/mol. The van der Waals surface area contributed by atoms with Crippen molar-refractivity contribution in [2.45, 2.75) is 59.5 Å². The van der Waals surface area contributed by atoms with Gasteiger partial charge in [-0.3, -0.25) is 0 Å². The number of allylic oxidation sites excluding steroid dienone is 2. The third kappa shape index (κ3) is 13.7. The number of ether oxygens (including phenoxy) is 1. The monoisotopic (exact) mass is 216 g/mol. The van der Waals surface area contributed by atoms with Gasteiger partial charge >= 0.3 is 0 Å². The van der Waals surface area contributed by atoms with Crippen LogP contribution in [0.3, 0.4) is 0 Å². The summed E-state index contributed by atoms with van der Waals surface area (Å²) in [5.74, 6) is 0. The fraction of sp³-hybridized carbons (Fsp3) is 0.846. The molecule has 0 amide bonds. The Bertz CT molecular complexity index is 131. The highest BCUT2D eigenvalue weighted by Crippen LogP contribution is 2.20. The van der Waals surface area contributed by atoms with Crippen LogP contribution in [0, 0.1) is 0 Å². The van der Waals surface area contributed by atoms with Crippen LogP contribution in [-0.4, -0.2) is 24.9 Å². The van der Waals surface area contributed by atoms with Crippen LogP contribution in [0.1, 0.15) is 53.4 Å². The van der Waals surface area contributed by atoms with Crippen molar-refractivity contribution in [3.8, 4) is 0 Å². The van der Waals surface area contributed by atoms with Gasteiger partial charge in [-0.25, -0.2) is 0 Å². The van der Waals surface area contributed by atoms with E-state index in [9.17, 15) is 0 Å². The van der Waals surface area contributed by atoms with Gasteiger partial charge in [0, 0.05) is 13.7 Å². The third-order valence-corrected chi connectivity index (χ3v) is 2.28. The SMILES string of the molecule is CC=C(C)C.CCOC1CCCC1.CO. The Hall–Kier alpha value is -0.340. The molecule has 2 heteroatoms. The van der Waals surface area contributed by atoms with Crippen molar-refractivity contribution in [3.05, 3.63) is 11.6 Å². The second kappa shape index (κ2) is 13.7. The van der Waals surface area contributed by atoms with Crippen LogP contribution in [0.15, 0.2) is 11.6 Å². The minimum Gasteiger partial charge on any atom is -0.400 e. The Morgan fingerprint density at radius 3 is 1.93 bits per heavy atom. The predicted molar refractivity (Wildman–Crippen MR) is 67.1 cm³/mol. The van der Waals surface area contributed by atoms with Gasteiger partial charge in [0.25, 0.3) is 0 Å². The lowest BCUT2D eigenvalue weighted by Gasteiger charge is -2.06. The average Bonchev–Trinajstić information content (AvgIpc) is 2.75. The highest BCUT2D eigenvalue weighted by molar-refractivity contribution is 4.88. The summed E-state index contributed by atoms with van der Waals surface area (Å²) in [6.45, 7) is 9.17. The molecule has 0 bridgehead atoms. The van der Waals surface area contributed by atoms with Crippen molar-refractivity contribution in [2.75, 3.05) is 13.7 Å². The first-order valence-electron chi connectivity index (χ1n) is 5.86. The Morgan fingerprint density at radius 2 is 1.67 bits per heavy atom. The van der Waals surface area contributed by atoms with Crippen molar-refractivity contribution >= 4 is 0 Å². The molecule has 0 aromatic carbocycles. The lowest BCUT2D eigenvalue weighted by Crippen LogP contribution is -2.05. The van der Waals surface area contributed by atoms with Crippen LogP contribution < -0.4 is 0 Å². The van der Waals surface area contributed by atoms with E-state index in [1.165, 1.54) is 31.3 Å². The Balaban J connectivity index is 0. The topological polar surface area (TPSA) is 29.5 Å². The highest BCUT2D eigenvalue weighted by Gasteiger charge is 2.13. The van der Waals surface area contributed by atoms with Gasteiger partial charge in [0.1, 0.15) is 0 Å². The molecule has 1 rings (SSSR count). The second-order valence-corrected chi connectivity index (χ2v) is 3.73. The van der Waals surface area contributed by atoms with Gasteiger partial charge in [-0.15, -0.1) is 0 Å². The summed E-state index contributed by atoms with van der Waals surface area (Å²) in [5.41, 5.74) is 1.38. The Kier molecular flexibility index (Phi) is 15.5. The van der Waals surface area contributed by atoms with E-state index in [4.69, 9.17) is 9.84 Å². The maximum absolute atomic E-state index is 7.00. The molecule has 1 N–H and O–H groups in total. The van der Waals surface area contributed by atoms with Crippen LogP contribution in [0.4, 0.5) is 0 Å². The summed E-state index contributed by atoms with van der Waals surface area (Å²) < 4.78 is 5.40. The van der Waals surface area contributed by atoms with Gasteiger partial charge in [0.05, 0.1) is 6.10 Å². The summed E-state index contributed by atoms with van der Waals surface area (Å²) in [6.07, 6.45) is 8.05. The number of hydrogen-bond acceptors (Lipinski definition) is 2. The van der Waals surface area contributed by atoms with Gasteiger partial charge in [-0.05, 0) is 40.5 Å². The minimum atomic E-state index is 0.611. The lowest BCUT2D eigenvalue weighted by atomic mass is 10.3. The number of aliphatic hydroxyl groups excluding tert-OH is 1. The molecule has 1 fully saturated rings. The van der Waals surface area contributed by atoms with Crippen LogP contribution >= 0.6 is 0 Å². The minimum absolute atomic E-state index is 0.611. The molecule has 1 aliphatic rings. The Morgan fingerprint density at radius 1 is 1.27 bits per heavy atom. The zero-order valence-corrected chi connectivity index (χ0v) is 11.0. The molecule has 1 aliphatic carbocycles. The zero-order valence-electron chi connectivity index (χ0n) is 11.0. The molecular weight excluding hydrogens is 188 g/mol. The third-order valence-electron chi connectivity index (χ3n) is 2.28. The summed E-state index contributed by atoms with van der Waals surface area (Å²) in [4.78, 5) is 0. The zero-order chi connectivity index (χ0) is 12.1. The first-order chi connectivity index (χ1) is 7.20. The molecule has 0 aromatic rings. The van der Waals surface area contributed by atoms with Crippen molar-refractivity contribution in [3.63, 3.8) is 0 Å². The molecule has 0 aromatic heterocycles. The van der Waals surface area contributed by atoms with Gasteiger partial charge < -0.3 is 9.84 Å². The molecule has 0 unspecified atom stereocenters. The van der Waals surface area contributed by atoms with E-state index < -0.39 is 0 Å². The Labute approximate surface area is 95.3 Å². The molecule has 0 saturated heterocycles. The number of aliphatic hydroxyl groups is 1. The van der Waals surface area contributed by atoms with Gasteiger partial charge in [0.15, 0.2) is 0 Å². The van der Waals surface area contributed by atoms with Crippen molar-refractivity contribution in [1.82, 2.24) is 0 Å². The fourth-order valence-electron chi connectivity index (χ4n) is 1.29. The van der Waals surface area contributed by atoms with Gasteiger partial charge in [0.2, 0.25) is 0 Å². The molecule has 92 valence electrons. The summed E-state index contributed by atoms with van der Waals surface area (Å²) in [5, 5.41) is 7.00. The van der Waals surface area contributed by atoms with Crippen LogP contribution in [0.5, 0.6) is 0 Å². The standard InChI is InChI=1S/C7H14O.C5H10.CH4O/c1-2-8-7-5-3-4-6-7;1-4-5(2)3;1-2/h7H,2-6H2,1H3;4H,1-3H3;2H,1H3. The normalized spacial score (nSPS) is 14.5. The van der Waals surface area contributed by atoms with Crippen LogP contribution in [0.2, 0.25) is 0 Å². The maximum atomic E-state index is 7.00. The molecule has 0 radical (unpaired) electrons. The highest BCUT2D eigenvalue weighted by atomic mass is 16.5. The smallest absolute Gasteiger partial charge is 0.0575 e. The van der Waals surface area contributed by atoms with E-state index in [2.05, 4.69) is 26.8 Å². The van der Waals surface area contributed by atoms with Crippen LogP contribution in [0.25, 0.3) is 0 Å². The number of hydrogen-bond donors (Lipinski definition) is 1. The van der Waals surface area contributed by atoms with Crippen LogP contribution in [-0.2, 0) is 4.74 Å². The molecule has 2 nitrogen and oxygen atoms in total. The van der Waals surface area contributed by atoms with Crippen molar-refractivity contribution < 1.29 is 9.84 Å². The lowest BCUT2D eigenvalue weighted by molar-refractivity contribution is 0.0685. The molecule has 0 spiro atoms. The van der Waals surface area contributed by atoms with Crippen molar-refractivity contribution in [2.24, 2.45) is 0 Å². The first-order valence-corrected chi connectivity index (χ1v) is 5.86. The van der Waals surface area contributed by atoms with E-state index in [-0.39, 0.29) is 0 Å². The first kappa shape index (κ1) is 17.1. The summed E-state index contributed by atoms with van der Waals surface area (Å²) >= 11 is 0. The van der Waals surface area contributed by atoms with Gasteiger partial charge in [-0.1, -0.05) is 24.5 Å². The quantitative estimate of drug-likeness (QED) is 0.715. The van der Waals surface area contributed by atoms with E-state index in [1.54, 1.807) is 0 Å². The molecular formula is C13H28O2. The molecule has 0 heterocycles. The van der Waals surface area contributed by atoms with E-state index in [0.29, 0.717) is 6.10 Å². The van der Waals surface area contributed by atoms with Crippen molar-refractivity contribution in [1.29, 1.82) is 0 Å². The van der Waals surface area contributed by atoms with E-state index >= 15 is 0 Å². The van der Waals surface area contributed by atoms with Gasteiger partial charge in [-0.2, -0.15) is 0 Å². The molecule has 0 atom stereocenters. The number of rotatable bonds is 2. The summed E-state index contributed by atoms with van der Waals surface area (Å²) in [7, 11) is 1.00. The molecule has 15 heavy (non-hydrogen) atoms. The summed E-state index contributed by atoms with van der Waals surface area (Å²) in [6, 6.07) is 0. The maximum Gasteiger partial charge on any atom is 0.0575 e. The van der Waals surface area contributed by atoms with E-state index in [0.717, 1.165) is 13.7 Å². The molecule has 0 aliphatic heterocycles. The van der Waals surface area contributed by atoms with E-state index in [1.807, 2.05) is 6.92 Å². The fourth-order valence-corrected chi connectivity index (χ4v) is 1.29. The largest absolute Gasteiger partial charge is 0.400 e. The second-order valence-electron chi connectivity index (χ2n) is 3.73.